The normalized spacial score (nSPS) is 27.4. The molecule has 1 aromatic carbocycles. The van der Waals surface area contributed by atoms with Crippen molar-refractivity contribution in [3.63, 3.8) is 0 Å². The van der Waals surface area contributed by atoms with Crippen LogP contribution in [0, 0.1) is 30.1 Å². The van der Waals surface area contributed by atoms with Gasteiger partial charge in [-0.05, 0) is 132 Å². The summed E-state index contributed by atoms with van der Waals surface area (Å²) >= 11 is 1.55. The minimum atomic E-state index is -1.07. The van der Waals surface area contributed by atoms with Crippen molar-refractivity contribution in [2.75, 3.05) is 50.1 Å². The summed E-state index contributed by atoms with van der Waals surface area (Å²) < 4.78 is 15.6. The molecule has 0 radical (unpaired) electrons. The van der Waals surface area contributed by atoms with E-state index in [1.165, 1.54) is 45.2 Å². The van der Waals surface area contributed by atoms with Crippen molar-refractivity contribution in [2.45, 2.75) is 104 Å². The highest BCUT2D eigenvalue weighted by Crippen LogP contribution is 2.72. The van der Waals surface area contributed by atoms with Crippen molar-refractivity contribution in [1.29, 1.82) is 0 Å². The second-order valence-corrected chi connectivity index (χ2v) is 20.2. The third-order valence-corrected chi connectivity index (χ3v) is 15.1. The summed E-state index contributed by atoms with van der Waals surface area (Å²) in [7, 11) is 1.65. The molecule has 310 valence electrons. The number of benzene rings is 1. The molecule has 4 atom stereocenters. The average Bonchev–Trinajstić information content (AvgIpc) is 3.94. The predicted molar refractivity (Wildman–Crippen MR) is 229 cm³/mol. The van der Waals surface area contributed by atoms with Crippen LogP contribution in [0.2, 0.25) is 0 Å². The van der Waals surface area contributed by atoms with Crippen LogP contribution >= 0.6 is 11.3 Å². The Morgan fingerprint density at radius 2 is 1.73 bits per heavy atom. The molecule has 0 unspecified atom stereocenters. The van der Waals surface area contributed by atoms with E-state index in [9.17, 15) is 9.90 Å². The minimum absolute atomic E-state index is 0.00731. The number of ether oxygens (including phenoxy) is 2. The number of hydrogen-bond acceptors (Lipinski definition) is 12. The molecule has 6 heterocycles. The lowest BCUT2D eigenvalue weighted by molar-refractivity contribution is -0.248. The molecule has 4 aromatic heterocycles. The highest BCUT2D eigenvalue weighted by molar-refractivity contribution is 7.22. The smallest absolute Gasteiger partial charge is 0.355 e. The Balaban J connectivity index is 0.899. The van der Waals surface area contributed by atoms with Crippen molar-refractivity contribution in [3.05, 3.63) is 59.0 Å². The molecule has 2 aliphatic heterocycles. The molecule has 0 amide bonds. The second kappa shape index (κ2) is 14.2. The van der Waals surface area contributed by atoms with Gasteiger partial charge in [-0.3, -0.25) is 4.68 Å². The van der Waals surface area contributed by atoms with Crippen molar-refractivity contribution in [3.8, 4) is 16.9 Å². The van der Waals surface area contributed by atoms with Gasteiger partial charge in [0.1, 0.15) is 11.6 Å². The summed E-state index contributed by atoms with van der Waals surface area (Å²) in [6.45, 7) is 14.8. The van der Waals surface area contributed by atoms with Crippen LogP contribution in [0.3, 0.4) is 0 Å². The monoisotopic (exact) mass is 817 g/mol. The number of hydrogen-bond donors (Lipinski definition) is 2. The standard InChI is InChI=1S/C45H55N9O4S/c1-28-31-9-8-16-53(39(31)51-50-38(28)49-41-47-34-19-30(57-5)10-12-35(34)59-41)36-13-11-32(37(48-36)40(55)56)33-20-46-54(29(33)2)27-44-22-42(3)21-43(4,23-44)25-45(24-42,26-44)58-18-17-52-14-6-7-15-52/h10-13,19-20H,6-9,14-18,21-27H2,1-5H3,(H,55,56)(H,47,49,50)/t42-,43+,44+,45-. The Morgan fingerprint density at radius 1 is 0.932 bits per heavy atom. The van der Waals surface area contributed by atoms with Crippen molar-refractivity contribution in [1.82, 2.24) is 34.8 Å². The van der Waals surface area contributed by atoms with Gasteiger partial charge < -0.3 is 29.7 Å². The largest absolute Gasteiger partial charge is 0.497 e. The first kappa shape index (κ1) is 38.5. The Morgan fingerprint density at radius 3 is 2.49 bits per heavy atom. The van der Waals surface area contributed by atoms with Crippen LogP contribution < -0.4 is 15.0 Å². The molecular weight excluding hydrogens is 763 g/mol. The Hall–Kier alpha value is -4.66. The maximum absolute atomic E-state index is 13.0. The molecule has 4 saturated carbocycles. The van der Waals surface area contributed by atoms with E-state index in [0.29, 0.717) is 29.6 Å². The number of pyridine rings is 1. The summed E-state index contributed by atoms with van der Waals surface area (Å²) in [6.07, 6.45) is 13.1. The van der Waals surface area contributed by atoms with Crippen LogP contribution in [-0.4, -0.2) is 91.4 Å². The molecule has 5 aromatic rings. The summed E-state index contributed by atoms with van der Waals surface area (Å²) in [4.78, 5) is 27.1. The van der Waals surface area contributed by atoms with Gasteiger partial charge in [0.05, 0.1) is 35.7 Å². The molecule has 13 nitrogen and oxygen atoms in total. The van der Waals surface area contributed by atoms with Gasteiger partial charge in [0.25, 0.3) is 0 Å². The fourth-order valence-electron chi connectivity index (χ4n) is 12.8. The van der Waals surface area contributed by atoms with Crippen LogP contribution in [0.1, 0.15) is 98.9 Å². The number of anilines is 4. The molecular formula is C45H55N9O4S. The zero-order chi connectivity index (χ0) is 40.7. The van der Waals surface area contributed by atoms with Gasteiger partial charge in [0.15, 0.2) is 22.5 Å². The number of carbonyl (C=O) groups is 1. The van der Waals surface area contributed by atoms with Gasteiger partial charge >= 0.3 is 5.97 Å². The van der Waals surface area contributed by atoms with Gasteiger partial charge in [0, 0.05) is 53.6 Å². The maximum Gasteiger partial charge on any atom is 0.355 e. The first-order valence-electron chi connectivity index (χ1n) is 21.3. The molecule has 4 aliphatic carbocycles. The van der Waals surface area contributed by atoms with Crippen LogP contribution in [0.15, 0.2) is 36.5 Å². The molecule has 14 heteroatoms. The number of carboxylic acid groups (broad SMARTS) is 1. The molecule has 1 saturated heterocycles. The summed E-state index contributed by atoms with van der Waals surface area (Å²) in [5.74, 6) is 1.57. The Kier molecular flexibility index (Phi) is 9.29. The van der Waals surface area contributed by atoms with Crippen LogP contribution in [-0.2, 0) is 17.7 Å². The number of carboxylic acids is 1. The van der Waals surface area contributed by atoms with Crippen molar-refractivity contribution in [2.24, 2.45) is 16.2 Å². The lowest BCUT2D eigenvalue weighted by Gasteiger charge is -2.69. The van der Waals surface area contributed by atoms with E-state index >= 15 is 0 Å². The van der Waals surface area contributed by atoms with Crippen LogP contribution in [0.25, 0.3) is 21.3 Å². The SMILES string of the molecule is COc1ccc2sc(Nc3nnc4c(c3C)CCCN4c3ccc(-c4cnn(C[C@]56C[C@]7(C)C[C@](C)(C5)C[C@@](OCCN5CCCC5)(C7)C6)c4C)c(C(=O)O)n3)nc2c1. The van der Waals surface area contributed by atoms with Crippen LogP contribution in [0.5, 0.6) is 5.75 Å². The number of fused-ring (bicyclic) bond motifs is 2. The first-order chi connectivity index (χ1) is 28.3. The molecule has 0 spiro atoms. The fourth-order valence-corrected chi connectivity index (χ4v) is 13.7. The average molecular weight is 818 g/mol. The third-order valence-electron chi connectivity index (χ3n) is 14.1. The maximum atomic E-state index is 13.0. The summed E-state index contributed by atoms with van der Waals surface area (Å²) in [6, 6.07) is 9.66. The Bertz CT molecular complexity index is 2440. The molecule has 4 bridgehead atoms. The zero-order valence-electron chi connectivity index (χ0n) is 34.9. The third kappa shape index (κ3) is 6.94. The Labute approximate surface area is 349 Å². The van der Waals surface area contributed by atoms with Gasteiger partial charge in [-0.15, -0.1) is 10.2 Å². The van der Waals surface area contributed by atoms with Crippen molar-refractivity contribution >= 4 is 50.1 Å². The molecule has 6 aliphatic rings. The zero-order valence-corrected chi connectivity index (χ0v) is 35.8. The van der Waals surface area contributed by atoms with Crippen molar-refractivity contribution < 1.29 is 19.4 Å². The van der Waals surface area contributed by atoms with E-state index in [4.69, 9.17) is 24.5 Å². The second-order valence-electron chi connectivity index (χ2n) is 19.1. The highest BCUT2D eigenvalue weighted by Gasteiger charge is 2.66. The van der Waals surface area contributed by atoms with Gasteiger partial charge in [-0.1, -0.05) is 25.2 Å². The molecule has 2 N–H and O–H groups in total. The van der Waals surface area contributed by atoms with E-state index in [2.05, 4.69) is 45.9 Å². The number of aromatic carboxylic acids is 1. The number of nitrogens with one attached hydrogen (secondary N) is 1. The first-order valence-corrected chi connectivity index (χ1v) is 22.1. The van der Waals surface area contributed by atoms with E-state index in [1.807, 2.05) is 48.4 Å². The van der Waals surface area contributed by atoms with E-state index in [-0.39, 0.29) is 27.5 Å². The molecule has 59 heavy (non-hydrogen) atoms. The number of nitrogens with zero attached hydrogens (tertiary/aromatic N) is 8. The fraction of sp³-hybridized carbons (Fsp3) is 0.556. The van der Waals surface area contributed by atoms with Gasteiger partial charge in [0.2, 0.25) is 0 Å². The van der Waals surface area contributed by atoms with Gasteiger partial charge in [-0.25, -0.2) is 14.8 Å². The lowest BCUT2D eigenvalue weighted by atomic mass is 9.39. The number of likely N-dealkylation sites (tertiary alicyclic amines) is 1. The molecule has 5 fully saturated rings. The number of methoxy groups -OCH3 is 1. The van der Waals surface area contributed by atoms with E-state index in [0.717, 1.165) is 95.3 Å². The highest BCUT2D eigenvalue weighted by atomic mass is 32.1. The molecule has 11 rings (SSSR count). The van der Waals surface area contributed by atoms with Gasteiger partial charge in [-0.2, -0.15) is 5.10 Å². The lowest BCUT2D eigenvalue weighted by Crippen LogP contribution is -2.64. The van der Waals surface area contributed by atoms with E-state index in [1.54, 1.807) is 18.4 Å². The topological polar surface area (TPSA) is 144 Å². The summed E-state index contributed by atoms with van der Waals surface area (Å²) in [5, 5.41) is 29.0. The minimum Gasteiger partial charge on any atom is -0.497 e. The predicted octanol–water partition coefficient (Wildman–Crippen LogP) is 8.73. The summed E-state index contributed by atoms with van der Waals surface area (Å²) in [5.41, 5.74) is 5.73. The van der Waals surface area contributed by atoms with Crippen LogP contribution in [0.4, 0.5) is 22.6 Å². The number of thiazole rings is 1. The number of rotatable bonds is 12. The van der Waals surface area contributed by atoms with E-state index < -0.39 is 5.97 Å². The quantitative estimate of drug-likeness (QED) is 0.124. The number of aromatic nitrogens is 6.